The Kier molecular flexibility index (Phi) is 9.32. The van der Waals surface area contributed by atoms with Crippen molar-refractivity contribution in [1.29, 1.82) is 0 Å². The van der Waals surface area contributed by atoms with Gasteiger partial charge in [0.15, 0.2) is 11.6 Å². The van der Waals surface area contributed by atoms with Crippen molar-refractivity contribution in [3.8, 4) is 45.3 Å². The van der Waals surface area contributed by atoms with Gasteiger partial charge in [0, 0.05) is 50.3 Å². The largest absolute Gasteiger partial charge is 0.310 e. The third-order valence-corrected chi connectivity index (χ3v) is 13.7. The molecule has 0 saturated carbocycles. The summed E-state index contributed by atoms with van der Waals surface area (Å²) in [4.78, 5) is 2.39. The Morgan fingerprint density at radius 1 is 0.324 bits per heavy atom. The van der Waals surface area contributed by atoms with Gasteiger partial charge in [0.05, 0.1) is 16.4 Å². The zero-order chi connectivity index (χ0) is 45.0. The number of hydrogen-bond donors (Lipinski definition) is 0. The zero-order valence-electron chi connectivity index (χ0n) is 37.1. The Morgan fingerprint density at radius 2 is 0.735 bits per heavy atom. The van der Waals surface area contributed by atoms with Gasteiger partial charge >= 0.3 is 0 Å². The molecule has 0 amide bonds. The Bertz CT molecular complexity index is 3610. The van der Waals surface area contributed by atoms with Crippen LogP contribution in [0.1, 0.15) is 22.3 Å². The molecule has 0 aliphatic heterocycles. The summed E-state index contributed by atoms with van der Waals surface area (Å²) in [6, 6.07) is 93.9. The second-order valence-electron chi connectivity index (χ2n) is 17.4. The second kappa shape index (κ2) is 16.1. The Hall–Kier alpha value is -9.06. The first-order valence-corrected chi connectivity index (χ1v) is 23.2. The molecule has 0 atom stereocenters. The van der Waals surface area contributed by atoms with Crippen molar-refractivity contribution in [3.63, 3.8) is 0 Å². The molecule has 10 aromatic carbocycles. The predicted molar refractivity (Wildman–Crippen MR) is 279 cm³/mol. The highest BCUT2D eigenvalue weighted by molar-refractivity contribution is 6.09. The van der Waals surface area contributed by atoms with E-state index in [2.05, 4.69) is 238 Å². The van der Waals surface area contributed by atoms with Crippen molar-refractivity contribution in [2.24, 2.45) is 0 Å². The Balaban J connectivity index is 1.01. The molecule has 0 saturated heterocycles. The van der Waals surface area contributed by atoms with Crippen LogP contribution >= 0.6 is 0 Å². The summed E-state index contributed by atoms with van der Waals surface area (Å²) in [7, 11) is 0. The summed E-state index contributed by atoms with van der Waals surface area (Å²) >= 11 is 0. The van der Waals surface area contributed by atoms with Crippen molar-refractivity contribution >= 4 is 38.9 Å². The first-order chi connectivity index (χ1) is 33.8. The van der Waals surface area contributed by atoms with Crippen LogP contribution in [0, 0.1) is 0 Å². The van der Waals surface area contributed by atoms with E-state index in [1.54, 1.807) is 0 Å². The summed E-state index contributed by atoms with van der Waals surface area (Å²) < 4.78 is 4.54. The number of aromatic nitrogens is 4. The van der Waals surface area contributed by atoms with Gasteiger partial charge in [-0.15, -0.1) is 10.2 Å². The van der Waals surface area contributed by atoms with Gasteiger partial charge < -0.3 is 9.47 Å². The van der Waals surface area contributed by atoms with Gasteiger partial charge in [0.25, 0.3) is 0 Å². The third kappa shape index (κ3) is 6.17. The lowest BCUT2D eigenvalue weighted by molar-refractivity contribution is 0.768. The fourth-order valence-electron chi connectivity index (χ4n) is 10.8. The Labute approximate surface area is 395 Å². The molecule has 13 rings (SSSR count). The number of anilines is 3. The molecule has 0 radical (unpaired) electrons. The van der Waals surface area contributed by atoms with Crippen LogP contribution < -0.4 is 4.90 Å². The number of para-hydroxylation sites is 2. The average molecular weight is 870 g/mol. The summed E-state index contributed by atoms with van der Waals surface area (Å²) in [5.41, 5.74) is 16.5. The molecule has 2 aromatic heterocycles. The molecule has 12 aromatic rings. The van der Waals surface area contributed by atoms with E-state index in [4.69, 9.17) is 10.2 Å². The summed E-state index contributed by atoms with van der Waals surface area (Å²) in [5.74, 6) is 1.57. The molecule has 1 aliphatic rings. The maximum absolute atomic E-state index is 4.77. The first-order valence-electron chi connectivity index (χ1n) is 23.2. The lowest BCUT2D eigenvalue weighted by atomic mass is 9.67. The molecule has 2 heterocycles. The van der Waals surface area contributed by atoms with E-state index in [0.717, 1.165) is 51.2 Å². The highest BCUT2D eigenvalue weighted by Crippen LogP contribution is 2.57. The maximum Gasteiger partial charge on any atom is 0.168 e. The van der Waals surface area contributed by atoms with Crippen LogP contribution in [0.3, 0.4) is 0 Å². The molecule has 5 nitrogen and oxygen atoms in total. The highest BCUT2D eigenvalue weighted by Gasteiger charge is 2.46. The van der Waals surface area contributed by atoms with E-state index in [9.17, 15) is 0 Å². The molecular formula is C63H43N5. The van der Waals surface area contributed by atoms with Crippen molar-refractivity contribution in [2.75, 3.05) is 4.90 Å². The molecule has 0 bridgehead atoms. The van der Waals surface area contributed by atoms with E-state index in [-0.39, 0.29) is 0 Å². The molecule has 1 aliphatic carbocycles. The molecule has 0 unspecified atom stereocenters. The van der Waals surface area contributed by atoms with Gasteiger partial charge in [-0.3, -0.25) is 4.57 Å². The van der Waals surface area contributed by atoms with E-state index in [1.165, 1.54) is 55.2 Å². The third-order valence-electron chi connectivity index (χ3n) is 13.7. The number of rotatable bonds is 9. The van der Waals surface area contributed by atoms with Crippen molar-refractivity contribution in [1.82, 2.24) is 19.3 Å². The normalized spacial score (nSPS) is 12.5. The van der Waals surface area contributed by atoms with Gasteiger partial charge in [-0.25, -0.2) is 0 Å². The summed E-state index contributed by atoms with van der Waals surface area (Å²) in [5, 5.41) is 12.0. The standard InChI is InChI=1S/C63H43N5/c1-5-19-44(20-6-1)61-64-65-62(45-21-7-2-8-22-45)68(61)51-39-35-49(36-40-51)66(48-33-37-50(38-34-48)67-59-31-17-14-28-55(59)56-29-15-18-32-60(56)67)52-41-42-54-53-27-13-16-30-57(53)63(58(54)43-52,46-23-9-3-10-24-46)47-25-11-4-12-26-47/h1-43H. The molecule has 0 N–H and O–H groups in total. The SMILES string of the molecule is c1ccc(-c2nnc(-c3ccccc3)n2-c2ccc(N(c3ccc(-n4c5ccccc5c5ccccc54)cc3)c3ccc4c(c3)C(c3ccccc3)(c3ccccc3)c3ccccc3-4)cc2)cc1. The molecular weight excluding hydrogens is 827 g/mol. The van der Waals surface area contributed by atoms with Crippen molar-refractivity contribution < 1.29 is 0 Å². The van der Waals surface area contributed by atoms with E-state index in [1.807, 2.05) is 36.4 Å². The Morgan fingerprint density at radius 3 is 1.26 bits per heavy atom. The zero-order valence-corrected chi connectivity index (χ0v) is 37.1. The average Bonchev–Trinajstić information content (AvgIpc) is 4.10. The molecule has 0 spiro atoms. The first kappa shape index (κ1) is 39.3. The summed E-state index contributed by atoms with van der Waals surface area (Å²) in [6.45, 7) is 0. The van der Waals surface area contributed by atoms with Gasteiger partial charge in [-0.05, 0) is 106 Å². The summed E-state index contributed by atoms with van der Waals surface area (Å²) in [6.07, 6.45) is 0. The molecule has 320 valence electrons. The quantitative estimate of drug-likeness (QED) is 0.145. The van der Waals surface area contributed by atoms with Crippen LogP contribution in [0.4, 0.5) is 17.1 Å². The van der Waals surface area contributed by atoms with Crippen LogP contribution in [0.2, 0.25) is 0 Å². The van der Waals surface area contributed by atoms with Crippen LogP contribution in [0.15, 0.2) is 261 Å². The van der Waals surface area contributed by atoms with Crippen molar-refractivity contribution in [3.05, 3.63) is 283 Å². The minimum atomic E-state index is -0.545. The van der Waals surface area contributed by atoms with Crippen LogP contribution in [-0.2, 0) is 5.41 Å². The van der Waals surface area contributed by atoms with E-state index < -0.39 is 5.41 Å². The lowest BCUT2D eigenvalue weighted by Gasteiger charge is -2.35. The number of nitrogens with zero attached hydrogens (tertiary/aromatic N) is 5. The van der Waals surface area contributed by atoms with Gasteiger partial charge in [-0.2, -0.15) is 0 Å². The van der Waals surface area contributed by atoms with Crippen LogP contribution in [0.5, 0.6) is 0 Å². The topological polar surface area (TPSA) is 38.9 Å². The minimum absolute atomic E-state index is 0.545. The molecule has 0 fully saturated rings. The van der Waals surface area contributed by atoms with Gasteiger partial charge in [0.1, 0.15) is 0 Å². The fraction of sp³-hybridized carbons (Fsp3) is 0.0159. The monoisotopic (exact) mass is 869 g/mol. The predicted octanol–water partition coefficient (Wildman–Crippen LogP) is 15.5. The van der Waals surface area contributed by atoms with E-state index in [0.29, 0.717) is 0 Å². The van der Waals surface area contributed by atoms with Gasteiger partial charge in [-0.1, -0.05) is 188 Å². The molecule has 68 heavy (non-hydrogen) atoms. The number of fused-ring (bicyclic) bond motifs is 6. The van der Waals surface area contributed by atoms with Crippen molar-refractivity contribution in [2.45, 2.75) is 5.41 Å². The second-order valence-corrected chi connectivity index (χ2v) is 17.4. The number of hydrogen-bond acceptors (Lipinski definition) is 3. The molecule has 5 heteroatoms. The number of benzene rings is 10. The minimum Gasteiger partial charge on any atom is -0.310 e. The smallest absolute Gasteiger partial charge is 0.168 e. The van der Waals surface area contributed by atoms with Gasteiger partial charge in [0.2, 0.25) is 0 Å². The van der Waals surface area contributed by atoms with Crippen LogP contribution in [0.25, 0.3) is 67.1 Å². The highest BCUT2D eigenvalue weighted by atomic mass is 15.3. The lowest BCUT2D eigenvalue weighted by Crippen LogP contribution is -2.28. The van der Waals surface area contributed by atoms with Crippen LogP contribution in [-0.4, -0.2) is 19.3 Å². The fourth-order valence-corrected chi connectivity index (χ4v) is 10.8. The maximum atomic E-state index is 4.77. The van der Waals surface area contributed by atoms with E-state index >= 15 is 0 Å².